The maximum atomic E-state index is 12.5. The molecule has 0 aliphatic heterocycles. The molecule has 0 radical (unpaired) electrons. The molecule has 0 spiro atoms. The predicted octanol–water partition coefficient (Wildman–Crippen LogP) is 2.38. The summed E-state index contributed by atoms with van der Waals surface area (Å²) >= 11 is 5.71. The number of carbonyl (C=O) groups excluding carboxylic acids is 1. The number of nitrogens with zero attached hydrogens (tertiary/aromatic N) is 1. The molecule has 1 aliphatic carbocycles. The lowest BCUT2D eigenvalue weighted by Gasteiger charge is -2.12. The highest BCUT2D eigenvalue weighted by molar-refractivity contribution is 6.31. The third-order valence-corrected chi connectivity index (χ3v) is 3.89. The van der Waals surface area contributed by atoms with Crippen molar-refractivity contribution in [3.8, 4) is 5.88 Å². The Labute approximate surface area is 136 Å². The summed E-state index contributed by atoms with van der Waals surface area (Å²) < 4.78 is 42.6. The Balaban J connectivity index is 1.77. The average Bonchev–Trinajstić information content (AvgIpc) is 2.90. The third kappa shape index (κ3) is 4.97. The van der Waals surface area contributed by atoms with E-state index in [1.807, 2.05) is 0 Å². The van der Waals surface area contributed by atoms with Gasteiger partial charge in [-0.1, -0.05) is 11.6 Å². The molecule has 23 heavy (non-hydrogen) atoms. The number of halogens is 4. The van der Waals surface area contributed by atoms with E-state index in [9.17, 15) is 18.0 Å². The molecule has 5 nitrogen and oxygen atoms in total. The molecule has 0 aromatic carbocycles. The first-order valence-electron chi connectivity index (χ1n) is 7.16. The molecule has 1 fully saturated rings. The van der Waals surface area contributed by atoms with Crippen LogP contribution in [0.15, 0.2) is 12.3 Å². The summed E-state index contributed by atoms with van der Waals surface area (Å²) in [6, 6.07) is 0.819. The summed E-state index contributed by atoms with van der Waals surface area (Å²) in [6.45, 7) is 0.270. The van der Waals surface area contributed by atoms with Gasteiger partial charge >= 0.3 is 6.18 Å². The summed E-state index contributed by atoms with van der Waals surface area (Å²) in [6.07, 6.45) is -1.59. The molecule has 1 aromatic heterocycles. The molecule has 1 amide bonds. The van der Waals surface area contributed by atoms with Gasteiger partial charge in [-0.2, -0.15) is 13.2 Å². The van der Waals surface area contributed by atoms with Crippen molar-refractivity contribution in [1.82, 2.24) is 10.3 Å². The van der Waals surface area contributed by atoms with Gasteiger partial charge in [0.15, 0.2) is 0 Å². The van der Waals surface area contributed by atoms with Crippen LogP contribution in [0.3, 0.4) is 0 Å². The summed E-state index contributed by atoms with van der Waals surface area (Å²) in [5.74, 6) is -0.275. The number of carbonyl (C=O) groups is 1. The number of hydrogen-bond acceptors (Lipinski definition) is 4. The van der Waals surface area contributed by atoms with E-state index in [4.69, 9.17) is 22.1 Å². The molecular formula is C14H17ClF3N3O2. The fourth-order valence-electron chi connectivity index (χ4n) is 2.41. The number of ether oxygens (including phenoxy) is 1. The van der Waals surface area contributed by atoms with Crippen LogP contribution in [0.4, 0.5) is 13.2 Å². The smallest absolute Gasteiger partial charge is 0.417 e. The zero-order valence-electron chi connectivity index (χ0n) is 12.2. The third-order valence-electron chi connectivity index (χ3n) is 3.62. The van der Waals surface area contributed by atoms with E-state index in [0.29, 0.717) is 12.6 Å². The Morgan fingerprint density at radius 1 is 1.48 bits per heavy atom. The maximum Gasteiger partial charge on any atom is 0.417 e. The van der Waals surface area contributed by atoms with Gasteiger partial charge < -0.3 is 15.8 Å². The van der Waals surface area contributed by atoms with Crippen LogP contribution in [0, 0.1) is 5.92 Å². The molecule has 1 heterocycles. The van der Waals surface area contributed by atoms with Crippen LogP contribution in [-0.4, -0.2) is 30.1 Å². The Kier molecular flexibility index (Phi) is 5.69. The molecule has 1 aromatic rings. The minimum absolute atomic E-state index is 0.0581. The Morgan fingerprint density at radius 2 is 2.22 bits per heavy atom. The number of hydrogen-bond donors (Lipinski definition) is 2. The minimum atomic E-state index is -4.51. The highest BCUT2D eigenvalue weighted by Gasteiger charge is 2.32. The van der Waals surface area contributed by atoms with Gasteiger partial charge in [0, 0.05) is 18.2 Å². The lowest BCUT2D eigenvalue weighted by molar-refractivity contribution is -0.137. The van der Waals surface area contributed by atoms with Crippen molar-refractivity contribution in [3.05, 3.63) is 22.8 Å². The van der Waals surface area contributed by atoms with Crippen molar-refractivity contribution < 1.29 is 22.7 Å². The van der Waals surface area contributed by atoms with Gasteiger partial charge in [0.2, 0.25) is 11.8 Å². The van der Waals surface area contributed by atoms with E-state index in [1.165, 1.54) is 0 Å². The predicted molar refractivity (Wildman–Crippen MR) is 78.1 cm³/mol. The molecule has 2 atom stereocenters. The first kappa shape index (κ1) is 17.8. The van der Waals surface area contributed by atoms with Crippen molar-refractivity contribution in [1.29, 1.82) is 0 Å². The number of pyridine rings is 1. The van der Waals surface area contributed by atoms with Crippen LogP contribution in [0.1, 0.15) is 24.8 Å². The van der Waals surface area contributed by atoms with Crippen LogP contribution in [-0.2, 0) is 11.0 Å². The first-order chi connectivity index (χ1) is 10.8. The van der Waals surface area contributed by atoms with Crippen LogP contribution in [0.5, 0.6) is 5.88 Å². The van der Waals surface area contributed by atoms with Gasteiger partial charge in [0.05, 0.1) is 12.1 Å². The highest BCUT2D eigenvalue weighted by atomic mass is 35.5. The molecule has 128 valence electrons. The summed E-state index contributed by atoms with van der Waals surface area (Å²) in [4.78, 5) is 15.4. The Bertz CT molecular complexity index is 569. The van der Waals surface area contributed by atoms with Crippen molar-refractivity contribution in [2.24, 2.45) is 11.7 Å². The molecule has 0 saturated heterocycles. The number of amides is 1. The van der Waals surface area contributed by atoms with Crippen LogP contribution >= 0.6 is 11.6 Å². The zero-order chi connectivity index (χ0) is 17.0. The lowest BCUT2D eigenvalue weighted by atomic mass is 10.1. The summed E-state index contributed by atoms with van der Waals surface area (Å²) in [7, 11) is 0. The van der Waals surface area contributed by atoms with Crippen molar-refractivity contribution in [2.45, 2.75) is 31.5 Å². The zero-order valence-corrected chi connectivity index (χ0v) is 13.0. The number of nitrogens with two attached hydrogens (primary N) is 1. The summed E-state index contributed by atoms with van der Waals surface area (Å²) in [5, 5.41) is 2.47. The fourth-order valence-corrected chi connectivity index (χ4v) is 2.63. The van der Waals surface area contributed by atoms with E-state index < -0.39 is 11.7 Å². The second-order valence-electron chi connectivity index (χ2n) is 5.42. The lowest BCUT2D eigenvalue weighted by Crippen LogP contribution is -2.33. The van der Waals surface area contributed by atoms with Gasteiger partial charge in [-0.25, -0.2) is 4.98 Å². The number of nitrogens with one attached hydrogen (secondary N) is 1. The number of rotatable bonds is 5. The second-order valence-corrected chi connectivity index (χ2v) is 5.83. The van der Waals surface area contributed by atoms with Gasteiger partial charge in [-0.15, -0.1) is 0 Å². The molecule has 1 saturated carbocycles. The standard InChI is InChI=1S/C14H17ClF3N3O2/c15-11-6-9(14(16,17)18)7-21-13(11)23-4-3-20-12(22)8-1-2-10(19)5-8/h6-8,10H,1-5,19H2,(H,20,22). The normalized spacial score (nSPS) is 21.3. The van der Waals surface area contributed by atoms with Gasteiger partial charge in [-0.05, 0) is 25.3 Å². The Hall–Kier alpha value is -1.54. The van der Waals surface area contributed by atoms with Crippen LogP contribution < -0.4 is 15.8 Å². The number of alkyl halides is 3. The fraction of sp³-hybridized carbons (Fsp3) is 0.571. The van der Waals surface area contributed by atoms with Crippen molar-refractivity contribution >= 4 is 17.5 Å². The highest BCUT2D eigenvalue weighted by Crippen LogP contribution is 2.33. The SMILES string of the molecule is NC1CCC(C(=O)NCCOc2ncc(C(F)(F)F)cc2Cl)C1. The van der Waals surface area contributed by atoms with E-state index in [-0.39, 0.29) is 41.9 Å². The number of aromatic nitrogens is 1. The maximum absolute atomic E-state index is 12.5. The molecule has 0 bridgehead atoms. The second kappa shape index (κ2) is 7.35. The monoisotopic (exact) mass is 351 g/mol. The van der Waals surface area contributed by atoms with Crippen LogP contribution in [0.25, 0.3) is 0 Å². The molecular weight excluding hydrogens is 335 g/mol. The van der Waals surface area contributed by atoms with E-state index in [1.54, 1.807) is 0 Å². The quantitative estimate of drug-likeness (QED) is 0.798. The molecule has 2 rings (SSSR count). The molecule has 9 heteroatoms. The van der Waals surface area contributed by atoms with Gasteiger partial charge in [0.25, 0.3) is 0 Å². The van der Waals surface area contributed by atoms with E-state index in [0.717, 1.165) is 18.9 Å². The first-order valence-corrected chi connectivity index (χ1v) is 7.54. The molecule has 2 unspecified atom stereocenters. The topological polar surface area (TPSA) is 77.2 Å². The molecule has 3 N–H and O–H groups in total. The van der Waals surface area contributed by atoms with Crippen LogP contribution in [0.2, 0.25) is 5.02 Å². The van der Waals surface area contributed by atoms with Crippen molar-refractivity contribution in [3.63, 3.8) is 0 Å². The van der Waals surface area contributed by atoms with Gasteiger partial charge in [0.1, 0.15) is 11.6 Å². The summed E-state index contributed by atoms with van der Waals surface area (Å²) in [5.41, 5.74) is 4.80. The molecule has 1 aliphatic rings. The van der Waals surface area contributed by atoms with Crippen molar-refractivity contribution in [2.75, 3.05) is 13.2 Å². The Morgan fingerprint density at radius 3 is 2.78 bits per heavy atom. The minimum Gasteiger partial charge on any atom is -0.475 e. The average molecular weight is 352 g/mol. The van der Waals surface area contributed by atoms with E-state index >= 15 is 0 Å². The van der Waals surface area contributed by atoms with E-state index in [2.05, 4.69) is 10.3 Å². The largest absolute Gasteiger partial charge is 0.475 e. The van der Waals surface area contributed by atoms with Gasteiger partial charge in [-0.3, -0.25) is 4.79 Å².